The second kappa shape index (κ2) is 8.52. The zero-order valence-corrected chi connectivity index (χ0v) is 16.1. The molecular formula is C20H26O7. The number of carbonyl (C=O) groups is 3. The molecule has 0 bridgehead atoms. The summed E-state index contributed by atoms with van der Waals surface area (Å²) in [6.07, 6.45) is -0.342. The van der Waals surface area contributed by atoms with Gasteiger partial charge in [0.25, 0.3) is 0 Å². The van der Waals surface area contributed by atoms with Crippen LogP contribution in [0.2, 0.25) is 0 Å². The molecule has 0 heterocycles. The van der Waals surface area contributed by atoms with E-state index in [1.165, 1.54) is 14.0 Å². The third-order valence-electron chi connectivity index (χ3n) is 4.85. The molecule has 4 atom stereocenters. The predicted octanol–water partition coefficient (Wildman–Crippen LogP) is 1.86. The van der Waals surface area contributed by atoms with E-state index < -0.39 is 41.1 Å². The summed E-state index contributed by atoms with van der Waals surface area (Å²) in [5, 5.41) is 10.9. The number of ether oxygens (including phenoxy) is 3. The van der Waals surface area contributed by atoms with Gasteiger partial charge in [-0.15, -0.1) is 0 Å². The zero-order chi connectivity index (χ0) is 20.2. The highest BCUT2D eigenvalue weighted by Gasteiger charge is 2.57. The van der Waals surface area contributed by atoms with Crippen LogP contribution in [0, 0.1) is 11.8 Å². The molecule has 0 aromatic heterocycles. The number of esters is 2. The number of rotatable bonds is 6. The van der Waals surface area contributed by atoms with Gasteiger partial charge in [-0.05, 0) is 32.4 Å². The van der Waals surface area contributed by atoms with Crippen molar-refractivity contribution >= 4 is 17.7 Å². The van der Waals surface area contributed by atoms with E-state index in [4.69, 9.17) is 14.2 Å². The molecular weight excluding hydrogens is 352 g/mol. The molecule has 1 aromatic rings. The van der Waals surface area contributed by atoms with Crippen LogP contribution in [-0.4, -0.2) is 48.8 Å². The molecule has 2 rings (SSSR count). The molecule has 7 heteroatoms. The second-order valence-electron chi connectivity index (χ2n) is 6.73. The lowest BCUT2D eigenvalue weighted by Gasteiger charge is -2.43. The van der Waals surface area contributed by atoms with E-state index in [2.05, 4.69) is 0 Å². The number of methoxy groups -OCH3 is 1. The van der Waals surface area contributed by atoms with Gasteiger partial charge in [0.1, 0.15) is 11.7 Å². The molecule has 1 aromatic carbocycles. The Kier molecular flexibility index (Phi) is 6.59. The van der Waals surface area contributed by atoms with Crippen LogP contribution in [0.5, 0.6) is 5.75 Å². The third-order valence-corrected chi connectivity index (χ3v) is 4.85. The second-order valence-corrected chi connectivity index (χ2v) is 6.73. The van der Waals surface area contributed by atoms with Crippen molar-refractivity contribution in [3.05, 3.63) is 29.8 Å². The lowest BCUT2D eigenvalue weighted by molar-refractivity contribution is -0.172. The van der Waals surface area contributed by atoms with Crippen LogP contribution < -0.4 is 4.74 Å². The van der Waals surface area contributed by atoms with E-state index in [1.807, 2.05) is 0 Å². The van der Waals surface area contributed by atoms with Crippen LogP contribution in [0.1, 0.15) is 38.7 Å². The van der Waals surface area contributed by atoms with E-state index >= 15 is 0 Å². The first-order valence-electron chi connectivity index (χ1n) is 8.99. The molecule has 0 aliphatic heterocycles. The summed E-state index contributed by atoms with van der Waals surface area (Å²) in [6, 6.07) is 6.81. The molecule has 27 heavy (non-hydrogen) atoms. The van der Waals surface area contributed by atoms with Gasteiger partial charge >= 0.3 is 11.9 Å². The third kappa shape index (κ3) is 4.13. The minimum absolute atomic E-state index is 0.0989. The minimum atomic E-state index is -1.67. The monoisotopic (exact) mass is 378 g/mol. The van der Waals surface area contributed by atoms with Crippen molar-refractivity contribution in [3.63, 3.8) is 0 Å². The number of aliphatic hydroxyl groups is 1. The first-order valence-corrected chi connectivity index (χ1v) is 8.99. The molecule has 1 fully saturated rings. The van der Waals surface area contributed by atoms with Crippen LogP contribution in [0.25, 0.3) is 0 Å². The van der Waals surface area contributed by atoms with Gasteiger partial charge in [0, 0.05) is 12.3 Å². The van der Waals surface area contributed by atoms with Crippen LogP contribution in [0.4, 0.5) is 0 Å². The highest BCUT2D eigenvalue weighted by Crippen LogP contribution is 2.48. The van der Waals surface area contributed by atoms with Gasteiger partial charge in [-0.25, -0.2) is 0 Å². The Bertz CT molecular complexity index is 710. The van der Waals surface area contributed by atoms with Gasteiger partial charge in [0.15, 0.2) is 5.78 Å². The lowest BCUT2D eigenvalue weighted by Crippen LogP contribution is -2.55. The van der Waals surface area contributed by atoms with Gasteiger partial charge in [0.05, 0.1) is 31.8 Å². The zero-order valence-electron chi connectivity index (χ0n) is 16.1. The molecule has 0 unspecified atom stereocenters. The highest BCUT2D eigenvalue weighted by atomic mass is 16.5. The van der Waals surface area contributed by atoms with E-state index in [9.17, 15) is 19.5 Å². The Labute approximate surface area is 158 Å². The maximum Gasteiger partial charge on any atom is 0.317 e. The van der Waals surface area contributed by atoms with Gasteiger partial charge in [-0.3, -0.25) is 14.4 Å². The summed E-state index contributed by atoms with van der Waals surface area (Å²) in [4.78, 5) is 38.1. The van der Waals surface area contributed by atoms with Crippen molar-refractivity contribution in [1.29, 1.82) is 0 Å². The number of para-hydroxylation sites is 1. The molecule has 7 nitrogen and oxygen atoms in total. The molecule has 0 spiro atoms. The maximum absolute atomic E-state index is 12.8. The highest BCUT2D eigenvalue weighted by molar-refractivity contribution is 6.03. The van der Waals surface area contributed by atoms with Crippen molar-refractivity contribution in [1.82, 2.24) is 0 Å². The lowest BCUT2D eigenvalue weighted by atomic mass is 9.61. The maximum atomic E-state index is 12.8. The number of hydrogen-bond acceptors (Lipinski definition) is 7. The Morgan fingerprint density at radius 3 is 2.33 bits per heavy atom. The van der Waals surface area contributed by atoms with E-state index in [-0.39, 0.29) is 19.6 Å². The first kappa shape index (κ1) is 20.9. The van der Waals surface area contributed by atoms with Crippen molar-refractivity contribution in [2.75, 3.05) is 20.3 Å². The summed E-state index contributed by atoms with van der Waals surface area (Å²) in [6.45, 7) is 4.92. The number of Topliss-reactive ketones (excluding diaryl/α,β-unsaturated/α-hetero) is 1. The fourth-order valence-electron chi connectivity index (χ4n) is 3.80. The van der Waals surface area contributed by atoms with Crippen LogP contribution >= 0.6 is 0 Å². The summed E-state index contributed by atoms with van der Waals surface area (Å²) in [5.74, 6) is -4.76. The topological polar surface area (TPSA) is 99.1 Å². The standard InChI is InChI=1S/C20H26O7/c1-5-26-18(22)16-13(21)11-20(3,24)17(19(23)27-6-2)15(16)12-9-7-8-10-14(12)25-4/h7-10,15-17,24H,5-6,11H2,1-4H3/t15-,16-,17+,20+/m1/s1. The predicted molar refractivity (Wildman–Crippen MR) is 96.2 cm³/mol. The number of carbonyl (C=O) groups excluding carboxylic acids is 3. The van der Waals surface area contributed by atoms with Gasteiger partial charge < -0.3 is 19.3 Å². The molecule has 0 saturated heterocycles. The number of benzene rings is 1. The Hall–Kier alpha value is -2.41. The van der Waals surface area contributed by atoms with Crippen molar-refractivity contribution in [2.45, 2.75) is 38.7 Å². The normalized spacial score (nSPS) is 27.7. The van der Waals surface area contributed by atoms with E-state index in [0.717, 1.165) is 0 Å². The largest absolute Gasteiger partial charge is 0.496 e. The summed E-state index contributed by atoms with van der Waals surface area (Å²) < 4.78 is 15.6. The molecule has 1 saturated carbocycles. The van der Waals surface area contributed by atoms with E-state index in [0.29, 0.717) is 11.3 Å². The molecule has 0 radical (unpaired) electrons. The minimum Gasteiger partial charge on any atom is -0.496 e. The quantitative estimate of drug-likeness (QED) is 0.596. The fraction of sp³-hybridized carbons (Fsp3) is 0.550. The number of hydrogen-bond donors (Lipinski definition) is 1. The summed E-state index contributed by atoms with van der Waals surface area (Å²) in [5.41, 5.74) is -1.19. The fourth-order valence-corrected chi connectivity index (χ4v) is 3.80. The van der Waals surface area contributed by atoms with Gasteiger partial charge in [-0.2, -0.15) is 0 Å². The van der Waals surface area contributed by atoms with Gasteiger partial charge in [-0.1, -0.05) is 18.2 Å². The summed E-state index contributed by atoms with van der Waals surface area (Å²) in [7, 11) is 1.46. The van der Waals surface area contributed by atoms with Crippen molar-refractivity contribution < 1.29 is 33.7 Å². The summed E-state index contributed by atoms with van der Waals surface area (Å²) >= 11 is 0. The Morgan fingerprint density at radius 1 is 1.15 bits per heavy atom. The average Bonchev–Trinajstić information content (AvgIpc) is 2.60. The van der Waals surface area contributed by atoms with E-state index in [1.54, 1.807) is 38.1 Å². The van der Waals surface area contributed by atoms with Crippen LogP contribution in [-0.2, 0) is 23.9 Å². The Morgan fingerprint density at radius 2 is 1.74 bits per heavy atom. The molecule has 148 valence electrons. The van der Waals surface area contributed by atoms with Crippen molar-refractivity contribution in [3.8, 4) is 5.75 Å². The average molecular weight is 378 g/mol. The SMILES string of the molecule is CCOC(=O)[C@@H]1C(=O)C[C@](C)(O)[C@H](C(=O)OCC)[C@@H]1c1ccccc1OC. The van der Waals surface area contributed by atoms with Crippen molar-refractivity contribution in [2.24, 2.45) is 11.8 Å². The van der Waals surface area contributed by atoms with Gasteiger partial charge in [0.2, 0.25) is 0 Å². The van der Waals surface area contributed by atoms with Crippen LogP contribution in [0.15, 0.2) is 24.3 Å². The van der Waals surface area contributed by atoms with Crippen LogP contribution in [0.3, 0.4) is 0 Å². The molecule has 1 N–H and O–H groups in total. The molecule has 1 aliphatic rings. The molecule has 1 aliphatic carbocycles. The smallest absolute Gasteiger partial charge is 0.317 e. The number of ketones is 1. The first-order chi connectivity index (χ1) is 12.8. The molecule has 0 amide bonds. The Balaban J connectivity index is 2.67.